The molecule has 110 valence electrons. The summed E-state index contributed by atoms with van der Waals surface area (Å²) in [5, 5.41) is 9.96. The molecule has 4 heteroatoms. The van der Waals surface area contributed by atoms with E-state index in [1.807, 2.05) is 31.2 Å². The summed E-state index contributed by atoms with van der Waals surface area (Å²) in [6.45, 7) is 4.12. The second kappa shape index (κ2) is 5.74. The molecule has 1 aliphatic heterocycles. The van der Waals surface area contributed by atoms with Crippen molar-refractivity contribution < 1.29 is 14.2 Å². The molecule has 0 amide bonds. The van der Waals surface area contributed by atoms with Gasteiger partial charge in [0.05, 0.1) is 0 Å². The van der Waals surface area contributed by atoms with Crippen LogP contribution in [0.1, 0.15) is 24.1 Å². The van der Waals surface area contributed by atoms with E-state index in [0.29, 0.717) is 6.61 Å². The molecule has 0 bridgehead atoms. The number of rotatable bonds is 2. The Bertz CT molecular complexity index is 644. The first-order valence-corrected chi connectivity index (χ1v) is 7.08. The summed E-state index contributed by atoms with van der Waals surface area (Å²) < 4.78 is 18.9. The van der Waals surface area contributed by atoms with Gasteiger partial charge in [0, 0.05) is 36.3 Å². The number of hydrogen-bond acceptors (Lipinski definition) is 3. The molecule has 3 nitrogen and oxygen atoms in total. The lowest BCUT2D eigenvalue weighted by Gasteiger charge is -2.27. The summed E-state index contributed by atoms with van der Waals surface area (Å²) in [6.07, 6.45) is 0. The number of phenols is 1. The molecule has 0 saturated carbocycles. The molecule has 1 aliphatic rings. The maximum atomic E-state index is 13.1. The highest BCUT2D eigenvalue weighted by Gasteiger charge is 2.22. The van der Waals surface area contributed by atoms with Crippen LogP contribution < -0.4 is 4.74 Å². The van der Waals surface area contributed by atoms with Gasteiger partial charge in [0.15, 0.2) is 0 Å². The second-order valence-electron chi connectivity index (χ2n) is 5.31. The molecule has 1 unspecified atom stereocenters. The van der Waals surface area contributed by atoms with Crippen molar-refractivity contribution in [3.63, 3.8) is 0 Å². The molecular formula is C17H18FNO2. The van der Waals surface area contributed by atoms with Gasteiger partial charge in [0.25, 0.3) is 0 Å². The van der Waals surface area contributed by atoms with Gasteiger partial charge < -0.3 is 9.84 Å². The van der Waals surface area contributed by atoms with Crippen molar-refractivity contribution in [3.05, 3.63) is 59.4 Å². The van der Waals surface area contributed by atoms with E-state index in [9.17, 15) is 9.50 Å². The quantitative estimate of drug-likeness (QED) is 0.917. The van der Waals surface area contributed by atoms with Crippen LogP contribution in [-0.4, -0.2) is 23.2 Å². The third kappa shape index (κ3) is 2.85. The van der Waals surface area contributed by atoms with E-state index in [-0.39, 0.29) is 11.8 Å². The maximum absolute atomic E-state index is 13.1. The Kier molecular flexibility index (Phi) is 3.80. The molecule has 3 rings (SSSR count). The summed E-state index contributed by atoms with van der Waals surface area (Å²) in [5.74, 6) is 0.490. The van der Waals surface area contributed by atoms with Crippen molar-refractivity contribution in [1.82, 2.24) is 4.90 Å². The van der Waals surface area contributed by atoms with Gasteiger partial charge in [-0.05, 0) is 19.1 Å². The van der Waals surface area contributed by atoms with E-state index < -0.39 is 5.82 Å². The highest BCUT2D eigenvalue weighted by Crippen LogP contribution is 2.32. The predicted octanol–water partition coefficient (Wildman–Crippen LogP) is 3.49. The summed E-state index contributed by atoms with van der Waals surface area (Å²) in [7, 11) is 0. The topological polar surface area (TPSA) is 32.7 Å². The number of halogens is 1. The Hall–Kier alpha value is -2.07. The highest BCUT2D eigenvalue weighted by molar-refractivity contribution is 5.37. The Morgan fingerprint density at radius 1 is 1.24 bits per heavy atom. The van der Waals surface area contributed by atoms with Crippen LogP contribution in [0.25, 0.3) is 0 Å². The molecule has 0 spiro atoms. The van der Waals surface area contributed by atoms with Gasteiger partial charge in [-0.15, -0.1) is 0 Å². The molecule has 0 saturated heterocycles. The minimum Gasteiger partial charge on any atom is -0.508 e. The Morgan fingerprint density at radius 2 is 2.05 bits per heavy atom. The molecule has 1 N–H and O–H groups in total. The third-order valence-corrected chi connectivity index (χ3v) is 3.97. The monoisotopic (exact) mass is 287 g/mol. The minimum atomic E-state index is -0.423. The molecule has 1 heterocycles. The van der Waals surface area contributed by atoms with E-state index >= 15 is 0 Å². The first-order chi connectivity index (χ1) is 10.1. The molecule has 1 atom stereocenters. The number of hydrogen-bond donors (Lipinski definition) is 1. The van der Waals surface area contributed by atoms with Gasteiger partial charge >= 0.3 is 0 Å². The zero-order chi connectivity index (χ0) is 14.8. The van der Waals surface area contributed by atoms with E-state index in [4.69, 9.17) is 4.74 Å². The van der Waals surface area contributed by atoms with Crippen LogP contribution in [0.3, 0.4) is 0 Å². The van der Waals surface area contributed by atoms with Crippen LogP contribution in [0.4, 0.5) is 4.39 Å². The standard InChI is InChI=1S/C17H18FNO2/c1-12(15-7-6-14(18)10-16(15)20)19-8-9-21-17-5-3-2-4-13(17)11-19/h2-7,10,12,20H,8-9,11H2,1H3. The number of benzene rings is 2. The minimum absolute atomic E-state index is 0.000880. The van der Waals surface area contributed by atoms with Crippen LogP contribution >= 0.6 is 0 Å². The fourth-order valence-electron chi connectivity index (χ4n) is 2.74. The highest BCUT2D eigenvalue weighted by atomic mass is 19.1. The van der Waals surface area contributed by atoms with Gasteiger partial charge in [0.1, 0.15) is 23.9 Å². The fourth-order valence-corrected chi connectivity index (χ4v) is 2.74. The van der Waals surface area contributed by atoms with Crippen molar-refractivity contribution in [2.75, 3.05) is 13.2 Å². The largest absolute Gasteiger partial charge is 0.508 e. The number of aromatic hydroxyl groups is 1. The molecule has 0 radical (unpaired) electrons. The molecule has 21 heavy (non-hydrogen) atoms. The van der Waals surface area contributed by atoms with Crippen LogP contribution in [0.15, 0.2) is 42.5 Å². The van der Waals surface area contributed by atoms with Gasteiger partial charge in [-0.2, -0.15) is 0 Å². The first-order valence-electron chi connectivity index (χ1n) is 7.08. The SMILES string of the molecule is CC(c1ccc(F)cc1O)N1CCOc2ccccc2C1. The Balaban J connectivity index is 1.86. The summed E-state index contributed by atoms with van der Waals surface area (Å²) >= 11 is 0. The van der Waals surface area contributed by atoms with E-state index in [2.05, 4.69) is 4.90 Å². The fraction of sp³-hybridized carbons (Fsp3) is 0.294. The third-order valence-electron chi connectivity index (χ3n) is 3.97. The zero-order valence-electron chi connectivity index (χ0n) is 11.9. The van der Waals surface area contributed by atoms with Gasteiger partial charge in [0.2, 0.25) is 0 Å². The lowest BCUT2D eigenvalue weighted by Crippen LogP contribution is -2.28. The molecular weight excluding hydrogens is 269 g/mol. The van der Waals surface area contributed by atoms with Crippen LogP contribution in [0, 0.1) is 5.82 Å². The van der Waals surface area contributed by atoms with Gasteiger partial charge in [-0.25, -0.2) is 4.39 Å². The molecule has 0 aliphatic carbocycles. The molecule has 2 aromatic rings. The summed E-state index contributed by atoms with van der Waals surface area (Å²) in [6, 6.07) is 12.1. The van der Waals surface area contributed by atoms with Crippen LogP contribution in [-0.2, 0) is 6.54 Å². The van der Waals surface area contributed by atoms with Gasteiger partial charge in [-0.1, -0.05) is 24.3 Å². The normalized spacial score (nSPS) is 16.7. The number of fused-ring (bicyclic) bond motifs is 1. The lowest BCUT2D eigenvalue weighted by molar-refractivity contribution is 0.177. The van der Waals surface area contributed by atoms with E-state index in [1.54, 1.807) is 6.07 Å². The Morgan fingerprint density at radius 3 is 2.86 bits per heavy atom. The molecule has 0 aromatic heterocycles. The van der Waals surface area contributed by atoms with Crippen molar-refractivity contribution in [2.45, 2.75) is 19.5 Å². The molecule has 2 aromatic carbocycles. The number of para-hydroxylation sites is 1. The van der Waals surface area contributed by atoms with Crippen molar-refractivity contribution in [2.24, 2.45) is 0 Å². The smallest absolute Gasteiger partial charge is 0.126 e. The number of phenolic OH excluding ortho intramolecular Hbond substituents is 1. The molecule has 0 fully saturated rings. The zero-order valence-corrected chi connectivity index (χ0v) is 11.9. The van der Waals surface area contributed by atoms with E-state index in [1.165, 1.54) is 6.07 Å². The van der Waals surface area contributed by atoms with Crippen LogP contribution in [0.5, 0.6) is 11.5 Å². The Labute approximate surface area is 123 Å². The number of ether oxygens (including phenoxy) is 1. The van der Waals surface area contributed by atoms with Crippen molar-refractivity contribution in [3.8, 4) is 11.5 Å². The van der Waals surface area contributed by atoms with Crippen molar-refractivity contribution >= 4 is 0 Å². The average molecular weight is 287 g/mol. The van der Waals surface area contributed by atoms with Crippen LogP contribution in [0.2, 0.25) is 0 Å². The predicted molar refractivity (Wildman–Crippen MR) is 78.8 cm³/mol. The average Bonchev–Trinajstić information content (AvgIpc) is 2.68. The maximum Gasteiger partial charge on any atom is 0.126 e. The lowest BCUT2D eigenvalue weighted by atomic mass is 10.0. The second-order valence-corrected chi connectivity index (χ2v) is 5.31. The van der Waals surface area contributed by atoms with Crippen molar-refractivity contribution in [1.29, 1.82) is 0 Å². The number of nitrogens with zero attached hydrogens (tertiary/aromatic N) is 1. The van der Waals surface area contributed by atoms with Gasteiger partial charge in [-0.3, -0.25) is 4.90 Å². The summed E-state index contributed by atoms with van der Waals surface area (Å²) in [5.41, 5.74) is 1.86. The summed E-state index contributed by atoms with van der Waals surface area (Å²) in [4.78, 5) is 2.22. The van der Waals surface area contributed by atoms with E-state index in [0.717, 1.165) is 36.0 Å². The first kappa shape index (κ1) is 13.9.